The number of hydrogen-bond acceptors (Lipinski definition) is 1. The molecule has 2 aromatic rings. The van der Waals surface area contributed by atoms with E-state index in [0.29, 0.717) is 16.1 Å². The van der Waals surface area contributed by atoms with Gasteiger partial charge in [-0.3, -0.25) is 0 Å². The molecule has 0 radical (unpaired) electrons. The molecule has 0 aliphatic rings. The lowest BCUT2D eigenvalue weighted by Crippen LogP contribution is -2.33. The molecule has 2 rings (SSSR count). The molecule has 4 heteroatoms. The summed E-state index contributed by atoms with van der Waals surface area (Å²) in [5.41, 5.74) is 2.39. The maximum absolute atomic E-state index is 6.30. The average molecular weight is 387 g/mol. The van der Waals surface area contributed by atoms with Gasteiger partial charge in [-0.1, -0.05) is 70.3 Å². The third-order valence-electron chi connectivity index (χ3n) is 3.36. The second-order valence-electron chi connectivity index (χ2n) is 5.01. The van der Waals surface area contributed by atoms with Crippen molar-refractivity contribution in [2.45, 2.75) is 25.8 Å². The van der Waals surface area contributed by atoms with E-state index in [1.54, 1.807) is 0 Å². The molecule has 0 saturated carbocycles. The van der Waals surface area contributed by atoms with Gasteiger partial charge >= 0.3 is 0 Å². The van der Waals surface area contributed by atoms with Crippen LogP contribution in [0.5, 0.6) is 0 Å². The van der Waals surface area contributed by atoms with Crippen molar-refractivity contribution in [3.05, 3.63) is 68.1 Å². The third-order valence-corrected chi connectivity index (χ3v) is 4.71. The molecular formula is C17H18BrCl2N. The maximum atomic E-state index is 6.30. The Hall–Kier alpha value is -0.540. The van der Waals surface area contributed by atoms with E-state index in [1.165, 1.54) is 5.56 Å². The van der Waals surface area contributed by atoms with E-state index in [9.17, 15) is 0 Å². The molecule has 1 unspecified atom stereocenters. The highest BCUT2D eigenvalue weighted by atomic mass is 79.9. The van der Waals surface area contributed by atoms with Crippen LogP contribution in [0, 0.1) is 0 Å². The highest BCUT2D eigenvalue weighted by Crippen LogP contribution is 2.27. The minimum Gasteiger partial charge on any atom is -0.314 e. The fourth-order valence-corrected chi connectivity index (χ4v) is 3.27. The van der Waals surface area contributed by atoms with Crippen molar-refractivity contribution in [1.29, 1.82) is 0 Å². The number of hydrogen-bond donors (Lipinski definition) is 1. The Bertz CT molecular complexity index is 601. The predicted molar refractivity (Wildman–Crippen MR) is 95.5 cm³/mol. The van der Waals surface area contributed by atoms with E-state index < -0.39 is 0 Å². The van der Waals surface area contributed by atoms with Crippen molar-refractivity contribution in [1.82, 2.24) is 5.32 Å². The van der Waals surface area contributed by atoms with E-state index in [0.717, 1.165) is 29.4 Å². The monoisotopic (exact) mass is 385 g/mol. The fraction of sp³-hybridized carbons (Fsp3) is 0.294. The van der Waals surface area contributed by atoms with Crippen LogP contribution in [0.3, 0.4) is 0 Å². The Balaban J connectivity index is 2.13. The van der Waals surface area contributed by atoms with Gasteiger partial charge in [-0.05, 0) is 48.7 Å². The van der Waals surface area contributed by atoms with Gasteiger partial charge in [0.15, 0.2) is 0 Å². The summed E-state index contributed by atoms with van der Waals surface area (Å²) in [6.45, 7) is 3.05. The summed E-state index contributed by atoms with van der Waals surface area (Å²) < 4.78 is 1.11. The molecule has 1 nitrogen and oxygen atoms in total. The SMILES string of the molecule is CCNC(Cc1cccc(Br)c1)Cc1cccc(Cl)c1Cl. The molecule has 0 spiro atoms. The van der Waals surface area contributed by atoms with Gasteiger partial charge in [-0.25, -0.2) is 0 Å². The van der Waals surface area contributed by atoms with Crippen molar-refractivity contribution in [3.63, 3.8) is 0 Å². The molecule has 0 saturated heterocycles. The standard InChI is InChI=1S/C17H18BrCl2N/c1-2-21-15(10-12-5-3-7-14(18)9-12)11-13-6-4-8-16(19)17(13)20/h3-9,15,21H,2,10-11H2,1H3. The molecule has 0 bridgehead atoms. The van der Waals surface area contributed by atoms with Crippen LogP contribution in [0.2, 0.25) is 10.0 Å². The van der Waals surface area contributed by atoms with E-state index in [-0.39, 0.29) is 0 Å². The van der Waals surface area contributed by atoms with Crippen molar-refractivity contribution in [3.8, 4) is 0 Å². The van der Waals surface area contributed by atoms with Crippen molar-refractivity contribution >= 4 is 39.1 Å². The lowest BCUT2D eigenvalue weighted by atomic mass is 9.99. The zero-order valence-electron chi connectivity index (χ0n) is 11.9. The number of benzene rings is 2. The van der Waals surface area contributed by atoms with E-state index >= 15 is 0 Å². The number of likely N-dealkylation sites (N-methyl/N-ethyl adjacent to an activating group) is 1. The van der Waals surface area contributed by atoms with E-state index in [1.807, 2.05) is 24.3 Å². The van der Waals surface area contributed by atoms with Crippen LogP contribution in [0.4, 0.5) is 0 Å². The van der Waals surface area contributed by atoms with Gasteiger partial charge in [0.25, 0.3) is 0 Å². The lowest BCUT2D eigenvalue weighted by molar-refractivity contribution is 0.521. The maximum Gasteiger partial charge on any atom is 0.0624 e. The second-order valence-corrected chi connectivity index (χ2v) is 6.71. The predicted octanol–water partition coefficient (Wildman–Crippen LogP) is 5.52. The first-order valence-corrected chi connectivity index (χ1v) is 8.55. The van der Waals surface area contributed by atoms with Crippen LogP contribution in [0.15, 0.2) is 46.9 Å². The van der Waals surface area contributed by atoms with E-state index in [4.69, 9.17) is 23.2 Å². The first-order valence-electron chi connectivity index (χ1n) is 7.01. The van der Waals surface area contributed by atoms with Crippen molar-refractivity contribution in [2.75, 3.05) is 6.54 Å². The summed E-state index contributed by atoms with van der Waals surface area (Å²) in [6.07, 6.45) is 1.82. The molecule has 112 valence electrons. The molecular weight excluding hydrogens is 369 g/mol. The van der Waals surface area contributed by atoms with Gasteiger partial charge < -0.3 is 5.32 Å². The molecule has 0 aromatic heterocycles. The van der Waals surface area contributed by atoms with Crippen molar-refractivity contribution < 1.29 is 0 Å². The van der Waals surface area contributed by atoms with E-state index in [2.05, 4.69) is 46.4 Å². The first kappa shape index (κ1) is 16.8. The Morgan fingerprint density at radius 2 is 1.86 bits per heavy atom. The topological polar surface area (TPSA) is 12.0 Å². The summed E-state index contributed by atoms with van der Waals surface area (Å²) in [7, 11) is 0. The molecule has 0 aliphatic heterocycles. The zero-order valence-corrected chi connectivity index (χ0v) is 15.0. The normalized spacial score (nSPS) is 12.4. The summed E-state index contributed by atoms with van der Waals surface area (Å²) in [5, 5.41) is 4.81. The van der Waals surface area contributed by atoms with Gasteiger partial charge in [-0.2, -0.15) is 0 Å². The number of halogens is 3. The van der Waals surface area contributed by atoms with Gasteiger partial charge in [0, 0.05) is 10.5 Å². The first-order chi connectivity index (χ1) is 10.1. The Morgan fingerprint density at radius 3 is 2.57 bits per heavy atom. The Labute approximate surface area is 144 Å². The quantitative estimate of drug-likeness (QED) is 0.689. The summed E-state index contributed by atoms with van der Waals surface area (Å²) in [6, 6.07) is 14.6. The molecule has 1 N–H and O–H groups in total. The second kappa shape index (κ2) is 8.19. The number of rotatable bonds is 6. The largest absolute Gasteiger partial charge is 0.314 e. The lowest BCUT2D eigenvalue weighted by Gasteiger charge is -2.19. The van der Waals surface area contributed by atoms with Crippen LogP contribution < -0.4 is 5.32 Å². The number of nitrogens with one attached hydrogen (secondary N) is 1. The van der Waals surface area contributed by atoms with Gasteiger partial charge in [0.1, 0.15) is 0 Å². The van der Waals surface area contributed by atoms with Gasteiger partial charge in [-0.15, -0.1) is 0 Å². The zero-order chi connectivity index (χ0) is 15.2. The summed E-state index contributed by atoms with van der Waals surface area (Å²) in [4.78, 5) is 0. The highest BCUT2D eigenvalue weighted by molar-refractivity contribution is 9.10. The smallest absolute Gasteiger partial charge is 0.0624 e. The molecule has 2 aromatic carbocycles. The molecule has 0 amide bonds. The minimum absolute atomic E-state index is 0.334. The molecule has 0 aliphatic carbocycles. The van der Waals surface area contributed by atoms with Crippen LogP contribution in [-0.2, 0) is 12.8 Å². The molecule has 21 heavy (non-hydrogen) atoms. The minimum atomic E-state index is 0.334. The van der Waals surface area contributed by atoms with Crippen LogP contribution in [0.1, 0.15) is 18.1 Å². The van der Waals surface area contributed by atoms with Crippen LogP contribution in [0.25, 0.3) is 0 Å². The van der Waals surface area contributed by atoms with Crippen LogP contribution >= 0.6 is 39.1 Å². The molecule has 0 fully saturated rings. The highest BCUT2D eigenvalue weighted by Gasteiger charge is 2.13. The molecule has 0 heterocycles. The van der Waals surface area contributed by atoms with Gasteiger partial charge in [0.2, 0.25) is 0 Å². The summed E-state index contributed by atoms with van der Waals surface area (Å²) >= 11 is 15.9. The Morgan fingerprint density at radius 1 is 1.10 bits per heavy atom. The van der Waals surface area contributed by atoms with Crippen LogP contribution in [-0.4, -0.2) is 12.6 Å². The van der Waals surface area contributed by atoms with Crippen molar-refractivity contribution in [2.24, 2.45) is 0 Å². The third kappa shape index (κ3) is 5.00. The molecule has 1 atom stereocenters. The van der Waals surface area contributed by atoms with Gasteiger partial charge in [0.05, 0.1) is 10.0 Å². The average Bonchev–Trinajstić information content (AvgIpc) is 2.44. The summed E-state index contributed by atoms with van der Waals surface area (Å²) in [5.74, 6) is 0. The fourth-order valence-electron chi connectivity index (χ4n) is 2.43. The Kier molecular flexibility index (Phi) is 6.56.